The summed E-state index contributed by atoms with van der Waals surface area (Å²) in [6, 6.07) is 0. The molecule has 1 unspecified atom stereocenters. The Hall–Kier alpha value is -1.59. The van der Waals surface area contributed by atoms with Gasteiger partial charge in [0.25, 0.3) is 0 Å². The standard InChI is InChI=1S/C59H114O6/c1-5-8-10-12-14-16-18-19-20-21-22-23-24-29-32-36-40-44-48-52-59(62)65-56(53-63-57(60)50-46-42-38-34-17-15-13-11-9-6-2)54-64-58(61)51-47-43-39-35-31-28-26-25-27-30-33-37-41-45-49-55(4)7-3/h55-56H,5-54H2,1-4H3/t55?,56-/m0/s1. The molecule has 0 N–H and O–H groups in total. The number of unbranched alkanes of at least 4 members (excludes halogenated alkanes) is 40. The average molecular weight is 920 g/mol. The van der Waals surface area contributed by atoms with Gasteiger partial charge in [-0.05, 0) is 25.2 Å². The minimum Gasteiger partial charge on any atom is -0.462 e. The molecule has 0 aliphatic carbocycles. The maximum Gasteiger partial charge on any atom is 0.306 e. The average Bonchev–Trinajstić information content (AvgIpc) is 3.30. The fraction of sp³-hybridized carbons (Fsp3) is 0.949. The molecule has 386 valence electrons. The van der Waals surface area contributed by atoms with Crippen LogP contribution in [0.4, 0.5) is 0 Å². The normalized spacial score (nSPS) is 12.4. The van der Waals surface area contributed by atoms with E-state index in [-0.39, 0.29) is 31.1 Å². The van der Waals surface area contributed by atoms with Crippen LogP contribution >= 0.6 is 0 Å². The monoisotopic (exact) mass is 919 g/mol. The van der Waals surface area contributed by atoms with Crippen molar-refractivity contribution in [3.05, 3.63) is 0 Å². The summed E-state index contributed by atoms with van der Waals surface area (Å²) in [6.07, 6.45) is 58.1. The van der Waals surface area contributed by atoms with Gasteiger partial charge in [0.1, 0.15) is 13.2 Å². The van der Waals surface area contributed by atoms with Crippen LogP contribution in [-0.4, -0.2) is 37.2 Å². The quantitative estimate of drug-likeness (QED) is 0.0344. The Morgan fingerprint density at radius 3 is 0.800 bits per heavy atom. The molecule has 0 rings (SSSR count). The van der Waals surface area contributed by atoms with Gasteiger partial charge in [-0.1, -0.05) is 297 Å². The van der Waals surface area contributed by atoms with Crippen LogP contribution in [0.15, 0.2) is 0 Å². The largest absolute Gasteiger partial charge is 0.462 e. The van der Waals surface area contributed by atoms with Gasteiger partial charge >= 0.3 is 17.9 Å². The molecule has 0 heterocycles. The first kappa shape index (κ1) is 63.4. The Kier molecular flexibility index (Phi) is 52.1. The van der Waals surface area contributed by atoms with Crippen LogP contribution in [0.2, 0.25) is 0 Å². The van der Waals surface area contributed by atoms with Gasteiger partial charge in [0.15, 0.2) is 6.10 Å². The molecule has 0 aromatic carbocycles. The molecule has 0 spiro atoms. The summed E-state index contributed by atoms with van der Waals surface area (Å²) >= 11 is 0. The number of esters is 3. The summed E-state index contributed by atoms with van der Waals surface area (Å²) in [5.74, 6) is 0.0591. The van der Waals surface area contributed by atoms with Crippen molar-refractivity contribution in [1.29, 1.82) is 0 Å². The number of rotatable bonds is 54. The van der Waals surface area contributed by atoms with Crippen LogP contribution < -0.4 is 0 Å². The summed E-state index contributed by atoms with van der Waals surface area (Å²) in [6.45, 7) is 9.09. The molecule has 0 saturated carbocycles. The topological polar surface area (TPSA) is 78.9 Å². The van der Waals surface area contributed by atoms with Gasteiger partial charge < -0.3 is 14.2 Å². The molecule has 0 bridgehead atoms. The zero-order valence-electron chi connectivity index (χ0n) is 44.5. The molecule has 6 heteroatoms. The maximum absolute atomic E-state index is 12.8. The summed E-state index contributed by atoms with van der Waals surface area (Å²) in [5.41, 5.74) is 0. The van der Waals surface area contributed by atoms with Crippen molar-refractivity contribution >= 4 is 17.9 Å². The minimum atomic E-state index is -0.761. The molecule has 0 aromatic heterocycles. The first-order valence-corrected chi connectivity index (χ1v) is 29.4. The van der Waals surface area contributed by atoms with E-state index in [1.54, 1.807) is 0 Å². The number of ether oxygens (including phenoxy) is 3. The second-order valence-corrected chi connectivity index (χ2v) is 20.5. The van der Waals surface area contributed by atoms with Crippen LogP contribution in [0.3, 0.4) is 0 Å². The van der Waals surface area contributed by atoms with Crippen LogP contribution in [-0.2, 0) is 28.6 Å². The Morgan fingerprint density at radius 2 is 0.538 bits per heavy atom. The van der Waals surface area contributed by atoms with Crippen LogP contribution in [0.25, 0.3) is 0 Å². The third-order valence-corrected chi connectivity index (χ3v) is 13.9. The van der Waals surface area contributed by atoms with Crippen molar-refractivity contribution in [2.75, 3.05) is 13.2 Å². The number of carbonyl (C=O) groups is 3. The number of carbonyl (C=O) groups excluding carboxylic acids is 3. The lowest BCUT2D eigenvalue weighted by Gasteiger charge is -2.18. The summed E-state index contributed by atoms with van der Waals surface area (Å²) < 4.78 is 16.9. The summed E-state index contributed by atoms with van der Waals surface area (Å²) in [5, 5.41) is 0. The Morgan fingerprint density at radius 1 is 0.308 bits per heavy atom. The van der Waals surface area contributed by atoms with E-state index in [4.69, 9.17) is 14.2 Å². The Balaban J connectivity index is 4.23. The van der Waals surface area contributed by atoms with Crippen molar-refractivity contribution < 1.29 is 28.6 Å². The molecular formula is C59H114O6. The molecule has 0 saturated heterocycles. The van der Waals surface area contributed by atoms with Gasteiger partial charge in [-0.2, -0.15) is 0 Å². The Labute approximate surface area is 406 Å². The van der Waals surface area contributed by atoms with E-state index in [9.17, 15) is 14.4 Å². The lowest BCUT2D eigenvalue weighted by molar-refractivity contribution is -0.167. The smallest absolute Gasteiger partial charge is 0.306 e. The van der Waals surface area contributed by atoms with Gasteiger partial charge in [0, 0.05) is 19.3 Å². The summed E-state index contributed by atoms with van der Waals surface area (Å²) in [4.78, 5) is 38.1. The highest BCUT2D eigenvalue weighted by Crippen LogP contribution is 2.18. The summed E-state index contributed by atoms with van der Waals surface area (Å²) in [7, 11) is 0. The number of hydrogen-bond acceptors (Lipinski definition) is 6. The van der Waals surface area contributed by atoms with Gasteiger partial charge in [0.05, 0.1) is 0 Å². The molecular weight excluding hydrogens is 805 g/mol. The second kappa shape index (κ2) is 53.4. The van der Waals surface area contributed by atoms with E-state index in [0.717, 1.165) is 63.7 Å². The van der Waals surface area contributed by atoms with Gasteiger partial charge in [-0.25, -0.2) is 0 Å². The fourth-order valence-electron chi connectivity index (χ4n) is 9.07. The zero-order chi connectivity index (χ0) is 47.4. The third kappa shape index (κ3) is 51.6. The predicted molar refractivity (Wildman–Crippen MR) is 280 cm³/mol. The highest BCUT2D eigenvalue weighted by Gasteiger charge is 2.19. The molecule has 0 radical (unpaired) electrons. The molecule has 0 fully saturated rings. The van der Waals surface area contributed by atoms with Crippen LogP contribution in [0.5, 0.6) is 0 Å². The van der Waals surface area contributed by atoms with E-state index in [1.807, 2.05) is 0 Å². The van der Waals surface area contributed by atoms with E-state index in [2.05, 4.69) is 27.7 Å². The van der Waals surface area contributed by atoms with Gasteiger partial charge in [-0.15, -0.1) is 0 Å². The molecule has 6 nitrogen and oxygen atoms in total. The van der Waals surface area contributed by atoms with Gasteiger partial charge in [0.2, 0.25) is 0 Å². The highest BCUT2D eigenvalue weighted by molar-refractivity contribution is 5.71. The van der Waals surface area contributed by atoms with E-state index in [1.165, 1.54) is 231 Å². The highest BCUT2D eigenvalue weighted by atomic mass is 16.6. The van der Waals surface area contributed by atoms with E-state index < -0.39 is 6.10 Å². The lowest BCUT2D eigenvalue weighted by atomic mass is 9.99. The second-order valence-electron chi connectivity index (χ2n) is 20.5. The van der Waals surface area contributed by atoms with Crippen molar-refractivity contribution in [3.63, 3.8) is 0 Å². The molecule has 0 aromatic rings. The molecule has 0 aliphatic rings. The van der Waals surface area contributed by atoms with Crippen molar-refractivity contribution in [1.82, 2.24) is 0 Å². The Bertz CT molecular complexity index is 982. The third-order valence-electron chi connectivity index (χ3n) is 13.9. The first-order valence-electron chi connectivity index (χ1n) is 29.4. The molecule has 0 amide bonds. The molecule has 0 aliphatic heterocycles. The predicted octanol–water partition coefficient (Wildman–Crippen LogP) is 19.4. The zero-order valence-corrected chi connectivity index (χ0v) is 44.5. The van der Waals surface area contributed by atoms with Gasteiger partial charge in [-0.3, -0.25) is 14.4 Å². The van der Waals surface area contributed by atoms with Crippen LogP contribution in [0.1, 0.15) is 336 Å². The lowest BCUT2D eigenvalue weighted by Crippen LogP contribution is -2.30. The molecule has 2 atom stereocenters. The van der Waals surface area contributed by atoms with Crippen LogP contribution in [0, 0.1) is 5.92 Å². The van der Waals surface area contributed by atoms with Crippen molar-refractivity contribution in [2.45, 2.75) is 342 Å². The first-order chi connectivity index (χ1) is 31.9. The SMILES string of the molecule is CCCCCCCCCCCCCCCCCCCCCC(=O)O[C@@H](COC(=O)CCCCCCCCCCCC)COC(=O)CCCCCCCCCCCCCCCCC(C)CC. The molecule has 65 heavy (non-hydrogen) atoms. The number of hydrogen-bond donors (Lipinski definition) is 0. The maximum atomic E-state index is 12.8. The van der Waals surface area contributed by atoms with E-state index in [0.29, 0.717) is 19.3 Å². The van der Waals surface area contributed by atoms with E-state index >= 15 is 0 Å². The fourth-order valence-corrected chi connectivity index (χ4v) is 9.07. The van der Waals surface area contributed by atoms with Crippen molar-refractivity contribution in [2.24, 2.45) is 5.92 Å². The minimum absolute atomic E-state index is 0.0620. The van der Waals surface area contributed by atoms with Crippen molar-refractivity contribution in [3.8, 4) is 0 Å².